The molecule has 0 bridgehead atoms. The molecule has 0 aromatic carbocycles. The van der Waals surface area contributed by atoms with Crippen molar-refractivity contribution in [1.82, 2.24) is 19.1 Å². The summed E-state index contributed by atoms with van der Waals surface area (Å²) in [5, 5.41) is 0. The van der Waals surface area contributed by atoms with Gasteiger partial charge < -0.3 is 4.57 Å². The zero-order valence-corrected chi connectivity index (χ0v) is 10.6. The zero-order valence-electron chi connectivity index (χ0n) is 9.00. The van der Waals surface area contributed by atoms with Crippen LogP contribution in [0.1, 0.15) is 5.69 Å². The van der Waals surface area contributed by atoms with E-state index in [0.717, 1.165) is 4.57 Å². The molecule has 0 aliphatic rings. The van der Waals surface area contributed by atoms with Crippen molar-refractivity contribution in [3.63, 3.8) is 0 Å². The summed E-state index contributed by atoms with van der Waals surface area (Å²) in [5.41, 5.74) is -0.118. The Labute approximate surface area is 105 Å². The van der Waals surface area contributed by atoms with Crippen LogP contribution in [-0.4, -0.2) is 19.1 Å². The number of hydrogen-bond acceptors (Lipinski definition) is 4. The standard InChI is InChI=1S/C10H9BrN4O2/c1-14-3-2-9(16)15(10(14)17)5-7-4-8(11)13-6-12-7/h2-4,6H,5H2,1H3. The normalized spacial score (nSPS) is 10.5. The van der Waals surface area contributed by atoms with Gasteiger partial charge in [0.1, 0.15) is 10.9 Å². The Morgan fingerprint density at radius 3 is 2.82 bits per heavy atom. The van der Waals surface area contributed by atoms with Crippen LogP contribution in [0, 0.1) is 0 Å². The molecule has 2 aromatic heterocycles. The van der Waals surface area contributed by atoms with Crippen molar-refractivity contribution in [2.75, 3.05) is 0 Å². The third-order valence-electron chi connectivity index (χ3n) is 2.25. The lowest BCUT2D eigenvalue weighted by Gasteiger charge is -2.05. The summed E-state index contributed by atoms with van der Waals surface area (Å²) in [6.07, 6.45) is 2.81. The van der Waals surface area contributed by atoms with Gasteiger partial charge in [0.2, 0.25) is 0 Å². The molecular formula is C10H9BrN4O2. The van der Waals surface area contributed by atoms with Crippen molar-refractivity contribution in [3.8, 4) is 0 Å². The molecule has 0 radical (unpaired) electrons. The van der Waals surface area contributed by atoms with Crippen LogP contribution >= 0.6 is 15.9 Å². The number of halogens is 1. The highest BCUT2D eigenvalue weighted by molar-refractivity contribution is 9.10. The fraction of sp³-hybridized carbons (Fsp3) is 0.200. The second-order valence-electron chi connectivity index (χ2n) is 3.47. The van der Waals surface area contributed by atoms with Crippen molar-refractivity contribution in [2.45, 2.75) is 6.54 Å². The molecule has 0 amide bonds. The van der Waals surface area contributed by atoms with Crippen molar-refractivity contribution in [1.29, 1.82) is 0 Å². The first-order chi connectivity index (χ1) is 8.08. The first-order valence-electron chi connectivity index (χ1n) is 4.81. The highest BCUT2D eigenvalue weighted by Crippen LogP contribution is 2.05. The Morgan fingerprint density at radius 1 is 1.35 bits per heavy atom. The Morgan fingerprint density at radius 2 is 2.12 bits per heavy atom. The minimum Gasteiger partial charge on any atom is -0.303 e. The summed E-state index contributed by atoms with van der Waals surface area (Å²) in [6.45, 7) is 0.132. The molecule has 2 heterocycles. The molecule has 0 saturated heterocycles. The van der Waals surface area contributed by atoms with Gasteiger partial charge in [0.05, 0.1) is 12.2 Å². The van der Waals surface area contributed by atoms with Crippen molar-refractivity contribution < 1.29 is 0 Å². The van der Waals surface area contributed by atoms with Gasteiger partial charge in [0.25, 0.3) is 5.56 Å². The van der Waals surface area contributed by atoms with E-state index in [1.54, 1.807) is 13.1 Å². The molecule has 0 saturated carbocycles. The molecule has 0 spiro atoms. The maximum atomic E-state index is 11.7. The van der Waals surface area contributed by atoms with Crippen LogP contribution in [0.4, 0.5) is 0 Å². The van der Waals surface area contributed by atoms with Crippen molar-refractivity contribution in [2.24, 2.45) is 7.05 Å². The van der Waals surface area contributed by atoms with Gasteiger partial charge in [0.15, 0.2) is 0 Å². The second kappa shape index (κ2) is 4.62. The van der Waals surface area contributed by atoms with Gasteiger partial charge in [-0.05, 0) is 22.0 Å². The van der Waals surface area contributed by atoms with Crippen LogP contribution in [-0.2, 0) is 13.6 Å². The highest BCUT2D eigenvalue weighted by Gasteiger charge is 2.05. The van der Waals surface area contributed by atoms with Crippen LogP contribution < -0.4 is 11.2 Å². The fourth-order valence-electron chi connectivity index (χ4n) is 1.38. The largest absolute Gasteiger partial charge is 0.331 e. The lowest BCUT2D eigenvalue weighted by molar-refractivity contribution is 0.629. The molecule has 2 aromatic rings. The Balaban J connectivity index is 2.47. The number of hydrogen-bond donors (Lipinski definition) is 0. The van der Waals surface area contributed by atoms with E-state index < -0.39 is 0 Å². The zero-order chi connectivity index (χ0) is 12.4. The fourth-order valence-corrected chi connectivity index (χ4v) is 1.73. The third-order valence-corrected chi connectivity index (χ3v) is 2.68. The highest BCUT2D eigenvalue weighted by atomic mass is 79.9. The van der Waals surface area contributed by atoms with Crippen molar-refractivity contribution in [3.05, 3.63) is 55.8 Å². The molecular weight excluding hydrogens is 288 g/mol. The average molecular weight is 297 g/mol. The first kappa shape index (κ1) is 11.7. The maximum Gasteiger partial charge on any atom is 0.331 e. The summed E-state index contributed by atoms with van der Waals surface area (Å²) < 4.78 is 3.08. The van der Waals surface area contributed by atoms with Crippen LogP contribution in [0.5, 0.6) is 0 Å². The van der Waals surface area contributed by atoms with Crippen molar-refractivity contribution >= 4 is 15.9 Å². The van der Waals surface area contributed by atoms with Gasteiger partial charge in [-0.25, -0.2) is 14.8 Å². The van der Waals surface area contributed by atoms with Crippen LogP contribution in [0.25, 0.3) is 0 Å². The SMILES string of the molecule is Cn1ccc(=O)n(Cc2cc(Br)ncn2)c1=O. The number of nitrogens with zero attached hydrogens (tertiary/aromatic N) is 4. The summed E-state index contributed by atoms with van der Waals surface area (Å²) in [7, 11) is 1.59. The monoisotopic (exact) mass is 296 g/mol. The summed E-state index contributed by atoms with van der Waals surface area (Å²) in [6, 6.07) is 3.01. The molecule has 0 fully saturated rings. The quantitative estimate of drug-likeness (QED) is 0.740. The van der Waals surface area contributed by atoms with E-state index in [2.05, 4.69) is 25.9 Å². The van der Waals surface area contributed by atoms with E-state index in [4.69, 9.17) is 0 Å². The maximum absolute atomic E-state index is 11.7. The van der Waals surface area contributed by atoms with Crippen LogP contribution in [0.15, 0.2) is 38.8 Å². The minimum absolute atomic E-state index is 0.132. The summed E-state index contributed by atoms with van der Waals surface area (Å²) in [4.78, 5) is 31.2. The molecule has 0 aliphatic heterocycles. The predicted octanol–water partition coefficient (Wildman–Crippen LogP) is 0.148. The molecule has 0 N–H and O–H groups in total. The van der Waals surface area contributed by atoms with Crippen LogP contribution in [0.2, 0.25) is 0 Å². The number of rotatable bonds is 2. The van der Waals surface area contributed by atoms with Gasteiger partial charge in [0, 0.05) is 19.3 Å². The average Bonchev–Trinajstić information content (AvgIpc) is 2.30. The number of aromatic nitrogens is 4. The first-order valence-corrected chi connectivity index (χ1v) is 5.60. The smallest absolute Gasteiger partial charge is 0.303 e. The summed E-state index contributed by atoms with van der Waals surface area (Å²) >= 11 is 3.21. The van der Waals surface area contributed by atoms with Gasteiger partial charge in [-0.2, -0.15) is 0 Å². The molecule has 0 aliphatic carbocycles. The second-order valence-corrected chi connectivity index (χ2v) is 4.28. The molecule has 7 heteroatoms. The van der Waals surface area contributed by atoms with Gasteiger partial charge in [-0.15, -0.1) is 0 Å². The van der Waals surface area contributed by atoms with Gasteiger partial charge in [-0.3, -0.25) is 9.36 Å². The van der Waals surface area contributed by atoms with Gasteiger partial charge >= 0.3 is 5.69 Å². The Bertz CT molecular complexity index is 662. The van der Waals surface area contributed by atoms with E-state index in [1.165, 1.54) is 23.2 Å². The van der Waals surface area contributed by atoms with E-state index in [1.807, 2.05) is 0 Å². The topological polar surface area (TPSA) is 69.8 Å². The Hall–Kier alpha value is -1.76. The predicted molar refractivity (Wildman–Crippen MR) is 64.8 cm³/mol. The molecule has 0 unspecified atom stereocenters. The molecule has 2 rings (SSSR count). The van der Waals surface area contributed by atoms with Gasteiger partial charge in [-0.1, -0.05) is 0 Å². The molecule has 6 nitrogen and oxygen atoms in total. The third kappa shape index (κ3) is 2.50. The lowest BCUT2D eigenvalue weighted by Crippen LogP contribution is -2.38. The van der Waals surface area contributed by atoms with E-state index >= 15 is 0 Å². The summed E-state index contributed by atoms with van der Waals surface area (Å²) in [5.74, 6) is 0. The Kier molecular flexibility index (Phi) is 3.19. The lowest BCUT2D eigenvalue weighted by atomic mass is 10.4. The molecule has 88 valence electrons. The molecule has 17 heavy (non-hydrogen) atoms. The number of aryl methyl sites for hydroxylation is 1. The minimum atomic E-state index is -0.368. The van der Waals surface area contributed by atoms with E-state index in [0.29, 0.717) is 10.3 Å². The van der Waals surface area contributed by atoms with Crippen LogP contribution in [0.3, 0.4) is 0 Å². The van der Waals surface area contributed by atoms with E-state index in [9.17, 15) is 9.59 Å². The van der Waals surface area contributed by atoms with E-state index in [-0.39, 0.29) is 17.8 Å². The molecule has 0 atom stereocenters.